The number of aryl methyl sites for hydroxylation is 1. The maximum atomic E-state index is 12.5. The molecule has 0 spiro atoms. The lowest BCUT2D eigenvalue weighted by Crippen LogP contribution is -2.04. The summed E-state index contributed by atoms with van der Waals surface area (Å²) in [6.45, 7) is 17.5. The van der Waals surface area contributed by atoms with Crippen LogP contribution in [-0.4, -0.2) is 18.1 Å². The van der Waals surface area contributed by atoms with Crippen LogP contribution < -0.4 is 11.5 Å². The van der Waals surface area contributed by atoms with Crippen LogP contribution in [0.15, 0.2) is 49.5 Å². The first-order chi connectivity index (χ1) is 14.1. The largest absolute Gasteiger partial charge is 0.416 e. The van der Waals surface area contributed by atoms with Crippen LogP contribution in [0.3, 0.4) is 0 Å². The molecule has 0 aliphatic rings. The zero-order chi connectivity index (χ0) is 24.2. The lowest BCUT2D eigenvalue weighted by Gasteiger charge is -2.06. The first-order valence-corrected chi connectivity index (χ1v) is 10.2. The number of rotatable bonds is 4. The molecule has 0 saturated carbocycles. The van der Waals surface area contributed by atoms with E-state index in [4.69, 9.17) is 11.5 Å². The van der Waals surface area contributed by atoms with Crippen molar-refractivity contribution >= 4 is 10.9 Å². The molecular formula is C23H39F4N3. The van der Waals surface area contributed by atoms with Gasteiger partial charge >= 0.3 is 6.18 Å². The van der Waals surface area contributed by atoms with E-state index in [1.165, 1.54) is 0 Å². The average Bonchev–Trinajstić information content (AvgIpc) is 3.12. The second-order valence-electron chi connectivity index (χ2n) is 5.67. The van der Waals surface area contributed by atoms with Crippen LogP contribution in [0.1, 0.15) is 58.6 Å². The summed E-state index contributed by atoms with van der Waals surface area (Å²) in [5.74, 6) is -0.481. The van der Waals surface area contributed by atoms with E-state index >= 15 is 0 Å². The van der Waals surface area contributed by atoms with Crippen LogP contribution in [-0.2, 0) is 12.6 Å². The molecule has 30 heavy (non-hydrogen) atoms. The number of H-pyrrole nitrogens is 1. The minimum atomic E-state index is -4.27. The van der Waals surface area contributed by atoms with Gasteiger partial charge in [0, 0.05) is 17.1 Å². The molecule has 0 bridgehead atoms. The van der Waals surface area contributed by atoms with E-state index in [1.807, 2.05) is 27.7 Å². The van der Waals surface area contributed by atoms with Crippen molar-refractivity contribution < 1.29 is 17.6 Å². The van der Waals surface area contributed by atoms with E-state index in [2.05, 4.69) is 25.1 Å². The van der Waals surface area contributed by atoms with Crippen LogP contribution in [0.4, 0.5) is 17.6 Å². The van der Waals surface area contributed by atoms with Gasteiger partial charge in [0.2, 0.25) is 0 Å². The molecule has 3 nitrogen and oxygen atoms in total. The molecule has 1 aromatic heterocycles. The molecule has 0 aliphatic carbocycles. The molecule has 0 radical (unpaired) electrons. The highest BCUT2D eigenvalue weighted by Crippen LogP contribution is 2.32. The fourth-order valence-electron chi connectivity index (χ4n) is 1.84. The van der Waals surface area contributed by atoms with E-state index in [0.29, 0.717) is 5.52 Å². The number of halogens is 4. The van der Waals surface area contributed by atoms with Crippen molar-refractivity contribution in [3.63, 3.8) is 0 Å². The Labute approximate surface area is 179 Å². The number of hydrogen-bond acceptors (Lipinski definition) is 2. The van der Waals surface area contributed by atoms with Gasteiger partial charge in [-0.2, -0.15) is 13.2 Å². The van der Waals surface area contributed by atoms with Crippen molar-refractivity contribution in [1.29, 1.82) is 0 Å². The highest BCUT2D eigenvalue weighted by atomic mass is 19.4. The number of aromatic amines is 1. The summed E-state index contributed by atoms with van der Waals surface area (Å²) in [5.41, 5.74) is 10.9. The molecule has 5 N–H and O–H groups in total. The Morgan fingerprint density at radius 1 is 1.10 bits per heavy atom. The fourth-order valence-corrected chi connectivity index (χ4v) is 1.84. The number of nitrogens with two attached hydrogens (primary N) is 2. The molecule has 174 valence electrons. The topological polar surface area (TPSA) is 67.8 Å². The monoisotopic (exact) mass is 433 g/mol. The van der Waals surface area contributed by atoms with Crippen LogP contribution in [0.2, 0.25) is 0 Å². The maximum absolute atomic E-state index is 12.5. The first-order valence-electron chi connectivity index (χ1n) is 10.2. The van der Waals surface area contributed by atoms with Gasteiger partial charge in [-0.1, -0.05) is 60.3 Å². The Morgan fingerprint density at radius 2 is 1.57 bits per heavy atom. The van der Waals surface area contributed by atoms with E-state index in [9.17, 15) is 17.6 Å². The molecule has 2 aromatic rings. The Balaban J connectivity index is -0.000000432. The number of benzene rings is 1. The molecule has 0 aliphatic heterocycles. The van der Waals surface area contributed by atoms with Crippen LogP contribution in [0.25, 0.3) is 10.9 Å². The number of aromatic nitrogens is 1. The second-order valence-corrected chi connectivity index (χ2v) is 5.67. The number of fused-ring (bicyclic) bond motifs is 1. The van der Waals surface area contributed by atoms with Gasteiger partial charge in [-0.15, -0.1) is 0 Å². The molecular weight excluding hydrogens is 394 g/mol. The number of nitrogens with one attached hydrogen (secondary N) is 1. The van der Waals surface area contributed by atoms with Crippen molar-refractivity contribution in [2.75, 3.05) is 13.1 Å². The summed E-state index contributed by atoms with van der Waals surface area (Å²) < 4.78 is 48.5. The third-order valence-electron chi connectivity index (χ3n) is 3.12. The summed E-state index contributed by atoms with van der Waals surface area (Å²) in [7, 11) is 0. The van der Waals surface area contributed by atoms with Crippen molar-refractivity contribution in [2.24, 2.45) is 11.5 Å². The summed E-state index contributed by atoms with van der Waals surface area (Å²) in [6, 6.07) is 3.84. The van der Waals surface area contributed by atoms with Crippen molar-refractivity contribution in [3.8, 4) is 0 Å². The number of alkyl halides is 3. The van der Waals surface area contributed by atoms with Gasteiger partial charge in [0.15, 0.2) is 0 Å². The molecule has 0 fully saturated rings. The minimum Gasteiger partial charge on any atom is -0.361 e. The minimum absolute atomic E-state index is 0.481. The Morgan fingerprint density at radius 3 is 1.90 bits per heavy atom. The van der Waals surface area contributed by atoms with Gasteiger partial charge in [-0.3, -0.25) is 0 Å². The summed E-state index contributed by atoms with van der Waals surface area (Å²) >= 11 is 0. The predicted molar refractivity (Wildman–Crippen MR) is 123 cm³/mol. The highest BCUT2D eigenvalue weighted by molar-refractivity contribution is 5.83. The molecule has 0 saturated heterocycles. The van der Waals surface area contributed by atoms with Gasteiger partial charge in [-0.05, 0) is 49.7 Å². The molecule has 0 unspecified atom stereocenters. The van der Waals surface area contributed by atoms with Crippen molar-refractivity contribution in [2.45, 2.75) is 60.1 Å². The van der Waals surface area contributed by atoms with Crippen molar-refractivity contribution in [1.82, 2.24) is 4.98 Å². The van der Waals surface area contributed by atoms with E-state index in [0.717, 1.165) is 61.5 Å². The second kappa shape index (κ2) is 20.2. The van der Waals surface area contributed by atoms with Gasteiger partial charge in [0.1, 0.15) is 5.83 Å². The lowest BCUT2D eigenvalue weighted by molar-refractivity contribution is -0.137. The molecule has 7 heteroatoms. The standard InChI is InChI=1S/C12H12F3N.C4H5F.C3H9N.C2H7N.C2H6/c1-2-3-8-7-16-11-6-9(12(13,14)15)4-5-10(8)11;1-3-4(2)5;1-2-3-4;1-2-3;1-2/h4-7,16H,2-3H2,1H3;3H,1-2H2;2-4H2,1H3;2-3H2,1H3;1-2H3. The Bertz CT molecular complexity index is 675. The smallest absolute Gasteiger partial charge is 0.361 e. The number of allylic oxidation sites excluding steroid dienone is 2. The van der Waals surface area contributed by atoms with Gasteiger partial charge < -0.3 is 16.5 Å². The summed E-state index contributed by atoms with van der Waals surface area (Å²) in [4.78, 5) is 2.89. The third kappa shape index (κ3) is 15.8. The van der Waals surface area contributed by atoms with E-state index < -0.39 is 17.6 Å². The Hall–Kier alpha value is -2.12. The van der Waals surface area contributed by atoms with Crippen molar-refractivity contribution in [3.05, 3.63) is 60.6 Å². The summed E-state index contributed by atoms with van der Waals surface area (Å²) in [5, 5.41) is 0.884. The zero-order valence-corrected chi connectivity index (χ0v) is 19.0. The van der Waals surface area contributed by atoms with Crippen LogP contribution in [0, 0.1) is 0 Å². The zero-order valence-electron chi connectivity index (χ0n) is 19.0. The third-order valence-corrected chi connectivity index (χ3v) is 3.12. The highest BCUT2D eigenvalue weighted by Gasteiger charge is 2.30. The SMILES string of the molecule is C=CC(=C)F.CC.CCCN.CCCc1c[nH]c2cc(C(F)(F)F)ccc12.CCN. The van der Waals surface area contributed by atoms with Crippen LogP contribution >= 0.6 is 0 Å². The molecule has 1 aromatic carbocycles. The molecule has 2 rings (SSSR count). The Kier molecular flexibility index (Phi) is 21.9. The molecule has 0 amide bonds. The van der Waals surface area contributed by atoms with E-state index in [1.54, 1.807) is 12.3 Å². The van der Waals surface area contributed by atoms with Gasteiger partial charge in [0.25, 0.3) is 0 Å². The normalized spacial score (nSPS) is 9.43. The predicted octanol–water partition coefficient (Wildman–Crippen LogP) is 7.14. The molecule has 1 heterocycles. The van der Waals surface area contributed by atoms with Crippen LogP contribution in [0.5, 0.6) is 0 Å². The maximum Gasteiger partial charge on any atom is 0.416 e. The number of hydrogen-bond donors (Lipinski definition) is 3. The first kappa shape index (κ1) is 32.5. The van der Waals surface area contributed by atoms with Gasteiger partial charge in [0.05, 0.1) is 5.56 Å². The van der Waals surface area contributed by atoms with E-state index in [-0.39, 0.29) is 0 Å². The van der Waals surface area contributed by atoms with Gasteiger partial charge in [-0.25, -0.2) is 4.39 Å². The lowest BCUT2D eigenvalue weighted by atomic mass is 10.1. The summed E-state index contributed by atoms with van der Waals surface area (Å²) in [6.07, 6.45) is 1.53. The quantitative estimate of drug-likeness (QED) is 0.354. The fraction of sp³-hybridized carbons (Fsp3) is 0.478. The molecule has 0 atom stereocenters. The average molecular weight is 434 g/mol.